The van der Waals surface area contributed by atoms with Gasteiger partial charge in [0.1, 0.15) is 17.5 Å². The van der Waals surface area contributed by atoms with Gasteiger partial charge in [0.15, 0.2) is 0 Å². The number of aliphatic carboxylic acids is 1. The molecule has 0 saturated carbocycles. The molecule has 1 rings (SSSR count). The fourth-order valence-corrected chi connectivity index (χ4v) is 3.09. The highest BCUT2D eigenvalue weighted by atomic mass is 32.2. The number of halogens is 1. The summed E-state index contributed by atoms with van der Waals surface area (Å²) in [7, 11) is -4.10. The van der Waals surface area contributed by atoms with Crippen LogP contribution in [0.2, 0.25) is 0 Å². The molecule has 0 aliphatic heterocycles. The predicted octanol–water partition coefficient (Wildman–Crippen LogP) is 1.47. The molecule has 1 aromatic rings. The Bertz CT molecular complexity index is 727. The standard InChI is InChI=1S/C15H21FN2O6S/c1-9(12(13(19)20)17-14(21)24-15(2,3)4)18-25(22,23)11-7-5-10(16)6-8-11/h5-9,12,18H,1-4H3,(H,17,21)(H,19,20)/t9?,12-/m0/s1. The van der Waals surface area contributed by atoms with Crippen molar-refractivity contribution in [3.63, 3.8) is 0 Å². The van der Waals surface area contributed by atoms with Crippen LogP contribution in [0.5, 0.6) is 0 Å². The molecule has 1 amide bonds. The number of carboxylic acids is 1. The normalized spacial score (nSPS) is 14.4. The number of hydrogen-bond acceptors (Lipinski definition) is 5. The molecule has 0 aliphatic carbocycles. The molecular formula is C15H21FN2O6S. The zero-order chi connectivity index (χ0) is 19.4. The molecule has 140 valence electrons. The first-order valence-electron chi connectivity index (χ1n) is 7.32. The summed E-state index contributed by atoms with van der Waals surface area (Å²) >= 11 is 0. The van der Waals surface area contributed by atoms with E-state index >= 15 is 0 Å². The highest BCUT2D eigenvalue weighted by molar-refractivity contribution is 7.89. The zero-order valence-electron chi connectivity index (χ0n) is 14.2. The van der Waals surface area contributed by atoms with Crippen molar-refractivity contribution in [1.82, 2.24) is 10.0 Å². The van der Waals surface area contributed by atoms with Gasteiger partial charge < -0.3 is 15.2 Å². The predicted molar refractivity (Wildman–Crippen MR) is 87.0 cm³/mol. The molecular weight excluding hydrogens is 355 g/mol. The lowest BCUT2D eigenvalue weighted by Crippen LogP contribution is -2.54. The van der Waals surface area contributed by atoms with Gasteiger partial charge in [-0.15, -0.1) is 0 Å². The van der Waals surface area contributed by atoms with Gasteiger partial charge in [-0.1, -0.05) is 0 Å². The van der Waals surface area contributed by atoms with Crippen LogP contribution < -0.4 is 10.0 Å². The number of benzene rings is 1. The third-order valence-corrected chi connectivity index (χ3v) is 4.48. The highest BCUT2D eigenvalue weighted by Gasteiger charge is 2.31. The molecule has 8 nitrogen and oxygen atoms in total. The van der Waals surface area contributed by atoms with E-state index in [-0.39, 0.29) is 4.90 Å². The van der Waals surface area contributed by atoms with Gasteiger partial charge >= 0.3 is 12.1 Å². The Balaban J connectivity index is 2.89. The molecule has 0 heterocycles. The number of hydrogen-bond donors (Lipinski definition) is 3. The first-order chi connectivity index (χ1) is 11.3. The molecule has 25 heavy (non-hydrogen) atoms. The van der Waals surface area contributed by atoms with Crippen LogP contribution in [0.1, 0.15) is 27.7 Å². The minimum absolute atomic E-state index is 0.234. The third-order valence-electron chi connectivity index (χ3n) is 2.90. The number of carboxylic acid groups (broad SMARTS) is 1. The Morgan fingerprint density at radius 2 is 1.72 bits per heavy atom. The topological polar surface area (TPSA) is 122 Å². The molecule has 0 bridgehead atoms. The van der Waals surface area contributed by atoms with Crippen molar-refractivity contribution in [3.8, 4) is 0 Å². The molecule has 10 heteroatoms. The number of sulfonamides is 1. The van der Waals surface area contributed by atoms with E-state index < -0.39 is 45.6 Å². The summed E-state index contributed by atoms with van der Waals surface area (Å²) in [6, 6.07) is 1.26. The fourth-order valence-electron chi connectivity index (χ4n) is 1.83. The van der Waals surface area contributed by atoms with Crippen LogP contribution >= 0.6 is 0 Å². The largest absolute Gasteiger partial charge is 0.480 e. The van der Waals surface area contributed by atoms with Crippen LogP contribution in [0.15, 0.2) is 29.2 Å². The second-order valence-electron chi connectivity index (χ2n) is 6.33. The fraction of sp³-hybridized carbons (Fsp3) is 0.467. The van der Waals surface area contributed by atoms with Gasteiger partial charge in [-0.2, -0.15) is 0 Å². The van der Waals surface area contributed by atoms with E-state index in [1.807, 2.05) is 0 Å². The molecule has 0 spiro atoms. The summed E-state index contributed by atoms with van der Waals surface area (Å²) in [5, 5.41) is 11.3. The van der Waals surface area contributed by atoms with E-state index in [1.54, 1.807) is 20.8 Å². The lowest BCUT2D eigenvalue weighted by molar-refractivity contribution is -0.140. The minimum atomic E-state index is -4.10. The minimum Gasteiger partial charge on any atom is -0.480 e. The van der Waals surface area contributed by atoms with Gasteiger partial charge in [0.25, 0.3) is 0 Å². The molecule has 0 aromatic heterocycles. The molecule has 3 N–H and O–H groups in total. The summed E-state index contributed by atoms with van der Waals surface area (Å²) in [5.41, 5.74) is -0.843. The van der Waals surface area contributed by atoms with Gasteiger partial charge in [0.2, 0.25) is 10.0 Å². The molecule has 0 radical (unpaired) electrons. The Kier molecular flexibility index (Phi) is 6.49. The van der Waals surface area contributed by atoms with Gasteiger partial charge in [-0.3, -0.25) is 0 Å². The van der Waals surface area contributed by atoms with Gasteiger partial charge in [0.05, 0.1) is 10.9 Å². The first-order valence-corrected chi connectivity index (χ1v) is 8.80. The van der Waals surface area contributed by atoms with E-state index in [1.165, 1.54) is 6.92 Å². The van der Waals surface area contributed by atoms with Gasteiger partial charge in [-0.05, 0) is 52.0 Å². The average molecular weight is 376 g/mol. The molecule has 1 unspecified atom stereocenters. The second-order valence-corrected chi connectivity index (χ2v) is 8.04. The van der Waals surface area contributed by atoms with Crippen molar-refractivity contribution in [1.29, 1.82) is 0 Å². The number of amides is 1. The van der Waals surface area contributed by atoms with Gasteiger partial charge in [0, 0.05) is 0 Å². The molecule has 0 saturated heterocycles. The molecule has 0 fully saturated rings. The lowest BCUT2D eigenvalue weighted by Gasteiger charge is -2.25. The van der Waals surface area contributed by atoms with Gasteiger partial charge in [-0.25, -0.2) is 27.1 Å². The summed E-state index contributed by atoms with van der Waals surface area (Å²) in [4.78, 5) is 22.9. The van der Waals surface area contributed by atoms with Crippen molar-refractivity contribution in [2.24, 2.45) is 0 Å². The molecule has 2 atom stereocenters. The van der Waals surface area contributed by atoms with E-state index in [0.717, 1.165) is 24.3 Å². The maximum Gasteiger partial charge on any atom is 0.408 e. The summed E-state index contributed by atoms with van der Waals surface area (Å²) in [6.07, 6.45) is -0.993. The van der Waals surface area contributed by atoms with Crippen molar-refractivity contribution >= 4 is 22.1 Å². The van der Waals surface area contributed by atoms with Crippen LogP contribution in [0.3, 0.4) is 0 Å². The van der Waals surface area contributed by atoms with E-state index in [9.17, 15) is 27.5 Å². The maximum absolute atomic E-state index is 12.9. The number of nitrogens with one attached hydrogen (secondary N) is 2. The van der Waals surface area contributed by atoms with Crippen LogP contribution in [0.4, 0.5) is 9.18 Å². The monoisotopic (exact) mass is 376 g/mol. The second kappa shape index (κ2) is 7.79. The smallest absolute Gasteiger partial charge is 0.408 e. The maximum atomic E-state index is 12.9. The highest BCUT2D eigenvalue weighted by Crippen LogP contribution is 2.12. The molecule has 0 aliphatic rings. The SMILES string of the molecule is CC(NS(=O)(=O)c1ccc(F)cc1)[C@H](NC(=O)OC(C)(C)C)C(=O)O. The van der Waals surface area contributed by atoms with Crippen molar-refractivity contribution in [3.05, 3.63) is 30.1 Å². The van der Waals surface area contributed by atoms with E-state index in [2.05, 4.69) is 10.0 Å². The van der Waals surface area contributed by atoms with Crippen LogP contribution in [0, 0.1) is 5.82 Å². The van der Waals surface area contributed by atoms with Crippen LogP contribution in [-0.4, -0.2) is 43.3 Å². The number of ether oxygens (including phenoxy) is 1. The van der Waals surface area contributed by atoms with E-state index in [0.29, 0.717) is 0 Å². The van der Waals surface area contributed by atoms with Crippen molar-refractivity contribution < 1.29 is 32.2 Å². The Morgan fingerprint density at radius 3 is 2.16 bits per heavy atom. The lowest BCUT2D eigenvalue weighted by atomic mass is 10.1. The third kappa shape index (κ3) is 6.67. The van der Waals surface area contributed by atoms with Crippen molar-refractivity contribution in [2.45, 2.75) is 50.3 Å². The summed E-state index contributed by atoms with van der Waals surface area (Å²) in [5.74, 6) is -2.05. The zero-order valence-corrected chi connectivity index (χ0v) is 15.1. The number of rotatable bonds is 6. The van der Waals surface area contributed by atoms with E-state index in [4.69, 9.17) is 4.74 Å². The van der Waals surface area contributed by atoms with Crippen LogP contribution in [0.25, 0.3) is 0 Å². The number of carbonyl (C=O) groups excluding carboxylic acids is 1. The number of carbonyl (C=O) groups is 2. The molecule has 1 aromatic carbocycles. The van der Waals surface area contributed by atoms with Crippen molar-refractivity contribution in [2.75, 3.05) is 0 Å². The Hall–Kier alpha value is -2.20. The summed E-state index contributed by atoms with van der Waals surface area (Å²) < 4.78 is 44.5. The first kappa shape index (κ1) is 20.8. The Morgan fingerprint density at radius 1 is 1.20 bits per heavy atom. The number of alkyl carbamates (subject to hydrolysis) is 1. The van der Waals surface area contributed by atoms with Crippen LogP contribution in [-0.2, 0) is 19.6 Å². The Labute approximate surface area is 145 Å². The quantitative estimate of drug-likeness (QED) is 0.691. The average Bonchev–Trinajstić information content (AvgIpc) is 2.42. The summed E-state index contributed by atoms with van der Waals surface area (Å²) in [6.45, 7) is 6.08.